The summed E-state index contributed by atoms with van der Waals surface area (Å²) in [5, 5.41) is 8.31. The molecule has 3 nitrogen and oxygen atoms in total. The number of rotatable bonds is 4. The number of carbonyl (C=O) groups is 1. The molecule has 0 heterocycles. The Kier molecular flexibility index (Phi) is 5.82. The fourth-order valence-corrected chi connectivity index (χ4v) is 1.68. The molecule has 1 atom stereocenters. The van der Waals surface area contributed by atoms with Crippen LogP contribution in [-0.4, -0.2) is 29.3 Å². The Morgan fingerprint density at radius 3 is 2.29 bits per heavy atom. The Bertz CT molecular complexity index is 304. The molecule has 0 fully saturated rings. The van der Waals surface area contributed by atoms with E-state index in [0.29, 0.717) is 0 Å². The van der Waals surface area contributed by atoms with Crippen molar-refractivity contribution in [3.05, 3.63) is 0 Å². The van der Waals surface area contributed by atoms with Crippen LogP contribution in [0, 0.1) is 17.2 Å². The van der Waals surface area contributed by atoms with Gasteiger partial charge in [0.1, 0.15) is 5.60 Å². The lowest BCUT2D eigenvalue weighted by molar-refractivity contribution is -0.154. The van der Waals surface area contributed by atoms with Crippen LogP contribution in [0.5, 0.6) is 0 Å². The Morgan fingerprint density at radius 1 is 1.41 bits per heavy atom. The fourth-order valence-electron chi connectivity index (χ4n) is 0.836. The summed E-state index contributed by atoms with van der Waals surface area (Å²) in [5.41, 5.74) is -0.656. The quantitative estimate of drug-likeness (QED) is 0.736. The predicted octanol–water partition coefficient (Wildman–Crippen LogP) is 2.76. The van der Waals surface area contributed by atoms with E-state index in [1.165, 1.54) is 6.07 Å². The largest absolute Gasteiger partial charge is 0.459 e. The van der Waals surface area contributed by atoms with Crippen LogP contribution in [0.3, 0.4) is 0 Å². The van der Waals surface area contributed by atoms with E-state index in [1.54, 1.807) is 20.8 Å². The number of nitriles is 1. The van der Waals surface area contributed by atoms with Gasteiger partial charge < -0.3 is 4.74 Å². The van der Waals surface area contributed by atoms with Crippen molar-refractivity contribution in [2.75, 3.05) is 11.5 Å². The van der Waals surface area contributed by atoms with Crippen molar-refractivity contribution >= 4 is 17.7 Å². The van der Waals surface area contributed by atoms with Crippen molar-refractivity contribution in [2.45, 2.75) is 32.5 Å². The number of halogens is 3. The first-order chi connectivity index (χ1) is 7.56. The molecule has 0 aliphatic heterocycles. The number of carbonyl (C=O) groups excluding carboxylic acids is 1. The van der Waals surface area contributed by atoms with Gasteiger partial charge in [-0.15, -0.1) is 11.8 Å². The molecule has 0 saturated heterocycles. The average Bonchev–Trinajstić information content (AvgIpc) is 2.07. The molecule has 0 aromatic rings. The number of alkyl halides is 3. The summed E-state index contributed by atoms with van der Waals surface area (Å²) < 4.78 is 41.4. The minimum Gasteiger partial charge on any atom is -0.459 e. The molecular formula is C10H14F3NO2S. The molecule has 0 aliphatic carbocycles. The van der Waals surface area contributed by atoms with Crippen molar-refractivity contribution in [2.24, 2.45) is 5.92 Å². The van der Waals surface area contributed by atoms with Gasteiger partial charge in [-0.3, -0.25) is 4.79 Å². The van der Waals surface area contributed by atoms with Gasteiger partial charge in [0, 0.05) is 5.75 Å². The molecule has 0 radical (unpaired) electrons. The van der Waals surface area contributed by atoms with Crippen molar-refractivity contribution in [1.29, 1.82) is 5.26 Å². The maximum Gasteiger partial charge on any atom is 0.405 e. The number of hydrogen-bond donors (Lipinski definition) is 0. The molecule has 1 unspecified atom stereocenters. The first kappa shape index (κ1) is 16.1. The second-order valence-electron chi connectivity index (χ2n) is 4.32. The molecule has 0 aliphatic rings. The van der Waals surface area contributed by atoms with E-state index in [0.717, 1.165) is 11.8 Å². The summed E-state index contributed by atoms with van der Waals surface area (Å²) in [5.74, 6) is -3.28. The van der Waals surface area contributed by atoms with Crippen LogP contribution in [0.25, 0.3) is 0 Å². The molecule has 17 heavy (non-hydrogen) atoms. The summed E-state index contributed by atoms with van der Waals surface area (Å²) in [4.78, 5) is 11.2. The standard InChI is InChI=1S/C10H14F3NO2S/c1-9(2,3)16-8(15)6-17-5-7(4-14)10(11,12)13/h7H,5-6H2,1-3H3. The van der Waals surface area contributed by atoms with Crippen LogP contribution in [0.15, 0.2) is 0 Å². The van der Waals surface area contributed by atoms with Gasteiger partial charge in [0.05, 0.1) is 11.8 Å². The number of thioether (sulfide) groups is 1. The van der Waals surface area contributed by atoms with Crippen molar-refractivity contribution in [1.82, 2.24) is 0 Å². The molecule has 0 bridgehead atoms. The monoisotopic (exact) mass is 269 g/mol. The zero-order chi connectivity index (χ0) is 13.7. The lowest BCUT2D eigenvalue weighted by Gasteiger charge is -2.19. The molecule has 7 heteroatoms. The predicted molar refractivity (Wildman–Crippen MR) is 58.3 cm³/mol. The zero-order valence-corrected chi connectivity index (χ0v) is 10.6. The third-order valence-electron chi connectivity index (χ3n) is 1.48. The van der Waals surface area contributed by atoms with Gasteiger partial charge in [-0.1, -0.05) is 0 Å². The van der Waals surface area contributed by atoms with Crippen LogP contribution in [0.4, 0.5) is 13.2 Å². The minimum absolute atomic E-state index is 0.189. The van der Waals surface area contributed by atoms with Gasteiger partial charge in [0.15, 0.2) is 5.92 Å². The fraction of sp³-hybridized carbons (Fsp3) is 0.800. The lowest BCUT2D eigenvalue weighted by Crippen LogP contribution is -2.26. The zero-order valence-electron chi connectivity index (χ0n) is 9.80. The molecule has 0 aromatic heterocycles. The van der Waals surface area contributed by atoms with Gasteiger partial charge in [0.2, 0.25) is 0 Å². The molecular weight excluding hydrogens is 255 g/mol. The first-order valence-corrected chi connectivity index (χ1v) is 5.97. The van der Waals surface area contributed by atoms with E-state index in [2.05, 4.69) is 0 Å². The third-order valence-corrected chi connectivity index (χ3v) is 2.48. The van der Waals surface area contributed by atoms with Crippen LogP contribution < -0.4 is 0 Å². The van der Waals surface area contributed by atoms with Crippen molar-refractivity contribution in [3.63, 3.8) is 0 Å². The smallest absolute Gasteiger partial charge is 0.405 e. The number of hydrogen-bond acceptors (Lipinski definition) is 4. The Balaban J connectivity index is 4.00. The average molecular weight is 269 g/mol. The Labute approximate surface area is 102 Å². The van der Waals surface area contributed by atoms with Crippen molar-refractivity contribution in [3.8, 4) is 6.07 Å². The van der Waals surface area contributed by atoms with Gasteiger partial charge in [-0.05, 0) is 20.8 Å². The SMILES string of the molecule is CC(C)(C)OC(=O)CSCC(C#N)C(F)(F)F. The Hall–Kier alpha value is -0.900. The number of esters is 1. The van der Waals surface area contributed by atoms with Crippen LogP contribution in [0.1, 0.15) is 20.8 Å². The maximum absolute atomic E-state index is 12.2. The third kappa shape index (κ3) is 7.91. The van der Waals surface area contributed by atoms with Gasteiger partial charge in [0.25, 0.3) is 0 Å². The van der Waals surface area contributed by atoms with E-state index in [-0.39, 0.29) is 5.75 Å². The van der Waals surface area contributed by atoms with Crippen LogP contribution in [-0.2, 0) is 9.53 Å². The van der Waals surface area contributed by atoms with E-state index in [4.69, 9.17) is 10.00 Å². The van der Waals surface area contributed by atoms with E-state index >= 15 is 0 Å². The Morgan fingerprint density at radius 2 is 1.94 bits per heavy atom. The van der Waals surface area contributed by atoms with E-state index < -0.39 is 29.4 Å². The summed E-state index contributed by atoms with van der Waals surface area (Å²) in [6, 6.07) is 1.17. The highest BCUT2D eigenvalue weighted by atomic mass is 32.2. The van der Waals surface area contributed by atoms with Gasteiger partial charge in [-0.2, -0.15) is 18.4 Å². The summed E-state index contributed by atoms with van der Waals surface area (Å²) in [6.07, 6.45) is -4.55. The minimum atomic E-state index is -4.55. The topological polar surface area (TPSA) is 50.1 Å². The number of ether oxygens (including phenoxy) is 1. The second-order valence-corrected chi connectivity index (χ2v) is 5.36. The summed E-state index contributed by atoms with van der Waals surface area (Å²) in [6.45, 7) is 5.01. The maximum atomic E-state index is 12.2. The summed E-state index contributed by atoms with van der Waals surface area (Å²) >= 11 is 0.745. The lowest BCUT2D eigenvalue weighted by atomic mass is 10.2. The van der Waals surface area contributed by atoms with Crippen molar-refractivity contribution < 1.29 is 22.7 Å². The molecule has 98 valence electrons. The number of nitrogens with zero attached hydrogens (tertiary/aromatic N) is 1. The van der Waals surface area contributed by atoms with Gasteiger partial charge >= 0.3 is 12.1 Å². The van der Waals surface area contributed by atoms with E-state index in [1.807, 2.05) is 0 Å². The molecule has 0 rings (SSSR count). The van der Waals surface area contributed by atoms with E-state index in [9.17, 15) is 18.0 Å². The highest BCUT2D eigenvalue weighted by molar-refractivity contribution is 7.99. The molecule has 0 aromatic carbocycles. The van der Waals surface area contributed by atoms with Gasteiger partial charge in [-0.25, -0.2) is 0 Å². The highest BCUT2D eigenvalue weighted by Gasteiger charge is 2.39. The molecule has 0 spiro atoms. The first-order valence-electron chi connectivity index (χ1n) is 4.82. The molecule has 0 saturated carbocycles. The second kappa shape index (κ2) is 6.15. The normalized spacial score (nSPS) is 13.9. The van der Waals surface area contributed by atoms with Crippen LogP contribution in [0.2, 0.25) is 0 Å². The highest BCUT2D eigenvalue weighted by Crippen LogP contribution is 2.28. The molecule has 0 amide bonds. The van der Waals surface area contributed by atoms with Crippen LogP contribution >= 0.6 is 11.8 Å². The summed E-state index contributed by atoms with van der Waals surface area (Å²) in [7, 11) is 0. The molecule has 0 N–H and O–H groups in total.